The van der Waals surface area contributed by atoms with E-state index in [1.54, 1.807) is 0 Å². The number of nitriles is 1. The number of nitrogens with zero attached hydrogens (tertiary/aromatic N) is 2. The molecule has 3 heteroatoms. The van der Waals surface area contributed by atoms with Crippen molar-refractivity contribution in [3.8, 4) is 6.07 Å². The smallest absolute Gasteiger partial charge is 0.101 e. The van der Waals surface area contributed by atoms with Gasteiger partial charge in [-0.05, 0) is 57.7 Å². The van der Waals surface area contributed by atoms with E-state index in [0.29, 0.717) is 5.41 Å². The molecular weight excluding hydrogens is 222 g/mol. The molecule has 1 saturated heterocycles. The van der Waals surface area contributed by atoms with Crippen LogP contribution in [0.3, 0.4) is 0 Å². The first kappa shape index (κ1) is 15.5. The van der Waals surface area contributed by atoms with Crippen molar-refractivity contribution < 1.29 is 0 Å². The molecule has 1 aliphatic heterocycles. The highest BCUT2D eigenvalue weighted by atomic mass is 15.1. The van der Waals surface area contributed by atoms with E-state index in [1.807, 2.05) is 6.92 Å². The summed E-state index contributed by atoms with van der Waals surface area (Å²) in [6, 6.07) is 2.17. The van der Waals surface area contributed by atoms with Crippen LogP contribution in [-0.4, -0.2) is 30.1 Å². The maximum atomic E-state index is 8.87. The molecule has 1 unspecified atom stereocenters. The fourth-order valence-corrected chi connectivity index (χ4v) is 2.93. The predicted octanol–water partition coefficient (Wildman–Crippen LogP) is 2.91. The van der Waals surface area contributed by atoms with Gasteiger partial charge in [0, 0.05) is 0 Å². The Hall–Kier alpha value is -0.590. The van der Waals surface area contributed by atoms with Gasteiger partial charge in [-0.3, -0.25) is 0 Å². The summed E-state index contributed by atoms with van der Waals surface area (Å²) in [7, 11) is 0. The SMILES string of the molecule is CCC1(CC)CCN(CCCC(C)(N)C#N)CC1. The molecule has 18 heavy (non-hydrogen) atoms. The van der Waals surface area contributed by atoms with Crippen molar-refractivity contribution >= 4 is 0 Å². The molecular formula is C15H29N3. The van der Waals surface area contributed by atoms with E-state index in [9.17, 15) is 0 Å². The zero-order chi connectivity index (χ0) is 13.6. The molecule has 0 amide bonds. The fourth-order valence-electron chi connectivity index (χ4n) is 2.93. The van der Waals surface area contributed by atoms with Gasteiger partial charge in [0.1, 0.15) is 5.54 Å². The minimum atomic E-state index is -0.646. The second-order valence-electron chi connectivity index (χ2n) is 6.18. The van der Waals surface area contributed by atoms with Crippen LogP contribution in [0.4, 0.5) is 0 Å². The first-order valence-corrected chi connectivity index (χ1v) is 7.39. The minimum Gasteiger partial charge on any atom is -0.314 e. The van der Waals surface area contributed by atoms with Crippen LogP contribution in [0.1, 0.15) is 59.3 Å². The Morgan fingerprint density at radius 3 is 2.28 bits per heavy atom. The zero-order valence-electron chi connectivity index (χ0n) is 12.3. The van der Waals surface area contributed by atoms with E-state index in [1.165, 1.54) is 38.8 Å². The third-order valence-electron chi connectivity index (χ3n) is 4.84. The Kier molecular flexibility index (Phi) is 5.62. The average molecular weight is 251 g/mol. The molecule has 0 spiro atoms. The lowest BCUT2D eigenvalue weighted by Gasteiger charge is -2.41. The lowest BCUT2D eigenvalue weighted by atomic mass is 9.74. The van der Waals surface area contributed by atoms with Crippen LogP contribution in [-0.2, 0) is 0 Å². The first-order chi connectivity index (χ1) is 8.47. The summed E-state index contributed by atoms with van der Waals surface area (Å²) in [6.45, 7) is 10.0. The Balaban J connectivity index is 2.26. The quantitative estimate of drug-likeness (QED) is 0.789. The van der Waals surface area contributed by atoms with E-state index in [4.69, 9.17) is 11.0 Å². The molecule has 0 radical (unpaired) electrons. The summed E-state index contributed by atoms with van der Waals surface area (Å²) in [5.74, 6) is 0. The van der Waals surface area contributed by atoms with Crippen LogP contribution in [0, 0.1) is 16.7 Å². The van der Waals surface area contributed by atoms with Crippen LogP contribution in [0.15, 0.2) is 0 Å². The molecule has 0 aliphatic carbocycles. The molecule has 0 bridgehead atoms. The lowest BCUT2D eigenvalue weighted by molar-refractivity contribution is 0.0936. The minimum absolute atomic E-state index is 0.603. The Labute approximate surface area is 112 Å². The van der Waals surface area contributed by atoms with Crippen molar-refractivity contribution in [2.75, 3.05) is 19.6 Å². The lowest BCUT2D eigenvalue weighted by Crippen LogP contribution is -2.41. The molecule has 0 saturated carbocycles. The van der Waals surface area contributed by atoms with E-state index in [-0.39, 0.29) is 0 Å². The maximum absolute atomic E-state index is 8.87. The standard InChI is InChI=1S/C15H29N3/c1-4-15(5-2)8-11-18(12-9-15)10-6-7-14(3,17)13-16/h4-12,17H2,1-3H3. The van der Waals surface area contributed by atoms with Gasteiger partial charge >= 0.3 is 0 Å². The van der Waals surface area contributed by atoms with Gasteiger partial charge in [-0.1, -0.05) is 26.7 Å². The van der Waals surface area contributed by atoms with Crippen molar-refractivity contribution in [3.05, 3.63) is 0 Å². The molecule has 3 nitrogen and oxygen atoms in total. The third kappa shape index (κ3) is 4.26. The topological polar surface area (TPSA) is 53.0 Å². The molecule has 1 fully saturated rings. The Bertz CT molecular complexity index is 277. The molecule has 104 valence electrons. The molecule has 2 N–H and O–H groups in total. The number of likely N-dealkylation sites (tertiary alicyclic amines) is 1. The molecule has 1 aliphatic rings. The summed E-state index contributed by atoms with van der Waals surface area (Å²) in [4.78, 5) is 2.54. The molecule has 1 heterocycles. The van der Waals surface area contributed by atoms with Crippen LogP contribution < -0.4 is 5.73 Å². The molecule has 1 atom stereocenters. The van der Waals surface area contributed by atoms with Gasteiger partial charge in [-0.25, -0.2) is 0 Å². The van der Waals surface area contributed by atoms with Crippen molar-refractivity contribution in [2.45, 2.75) is 64.8 Å². The van der Waals surface area contributed by atoms with E-state index in [0.717, 1.165) is 19.4 Å². The normalized spacial score (nSPS) is 23.3. The number of rotatable bonds is 6. The largest absolute Gasteiger partial charge is 0.314 e. The van der Waals surface area contributed by atoms with Crippen LogP contribution in [0.5, 0.6) is 0 Å². The van der Waals surface area contributed by atoms with Gasteiger partial charge < -0.3 is 10.6 Å². The average Bonchev–Trinajstić information content (AvgIpc) is 2.40. The maximum Gasteiger partial charge on any atom is 0.101 e. The van der Waals surface area contributed by atoms with Gasteiger partial charge in [0.2, 0.25) is 0 Å². The highest BCUT2D eigenvalue weighted by Gasteiger charge is 2.31. The van der Waals surface area contributed by atoms with E-state index < -0.39 is 5.54 Å². The van der Waals surface area contributed by atoms with Crippen molar-refractivity contribution in [3.63, 3.8) is 0 Å². The second kappa shape index (κ2) is 6.54. The van der Waals surface area contributed by atoms with Gasteiger partial charge in [0.05, 0.1) is 6.07 Å². The second-order valence-corrected chi connectivity index (χ2v) is 6.18. The van der Waals surface area contributed by atoms with Crippen LogP contribution >= 0.6 is 0 Å². The Morgan fingerprint density at radius 1 is 1.28 bits per heavy atom. The summed E-state index contributed by atoms with van der Waals surface area (Å²) < 4.78 is 0. The van der Waals surface area contributed by atoms with E-state index >= 15 is 0 Å². The van der Waals surface area contributed by atoms with Gasteiger partial charge in [0.15, 0.2) is 0 Å². The van der Waals surface area contributed by atoms with Gasteiger partial charge in [-0.15, -0.1) is 0 Å². The molecule has 1 rings (SSSR count). The monoisotopic (exact) mass is 251 g/mol. The van der Waals surface area contributed by atoms with Crippen molar-refractivity contribution in [2.24, 2.45) is 11.1 Å². The highest BCUT2D eigenvalue weighted by molar-refractivity contribution is 5.00. The highest BCUT2D eigenvalue weighted by Crippen LogP contribution is 2.37. The number of nitrogens with two attached hydrogens (primary N) is 1. The van der Waals surface area contributed by atoms with Gasteiger partial charge in [0.25, 0.3) is 0 Å². The van der Waals surface area contributed by atoms with Crippen LogP contribution in [0.2, 0.25) is 0 Å². The van der Waals surface area contributed by atoms with E-state index in [2.05, 4.69) is 24.8 Å². The van der Waals surface area contributed by atoms with Crippen LogP contribution in [0.25, 0.3) is 0 Å². The number of hydrogen-bond donors (Lipinski definition) is 1. The molecule has 0 aromatic carbocycles. The number of hydrogen-bond acceptors (Lipinski definition) is 3. The van der Waals surface area contributed by atoms with Crippen molar-refractivity contribution in [1.29, 1.82) is 5.26 Å². The summed E-state index contributed by atoms with van der Waals surface area (Å²) >= 11 is 0. The third-order valence-corrected chi connectivity index (χ3v) is 4.84. The van der Waals surface area contributed by atoms with Gasteiger partial charge in [-0.2, -0.15) is 5.26 Å². The summed E-state index contributed by atoms with van der Waals surface area (Å²) in [5, 5.41) is 8.87. The summed E-state index contributed by atoms with van der Waals surface area (Å²) in [5.41, 5.74) is 5.79. The van der Waals surface area contributed by atoms with Crippen molar-refractivity contribution in [1.82, 2.24) is 4.90 Å². The fraction of sp³-hybridized carbons (Fsp3) is 0.933. The number of piperidine rings is 1. The molecule has 0 aromatic rings. The Morgan fingerprint density at radius 2 is 1.83 bits per heavy atom. The molecule has 0 aromatic heterocycles. The predicted molar refractivity (Wildman–Crippen MR) is 76.1 cm³/mol. The zero-order valence-corrected chi connectivity index (χ0v) is 12.3. The summed E-state index contributed by atoms with van der Waals surface area (Å²) in [6.07, 6.45) is 7.12. The first-order valence-electron chi connectivity index (χ1n) is 7.39.